The van der Waals surface area contributed by atoms with E-state index in [1.807, 2.05) is 36.9 Å². The molecule has 1 N–H and O–H groups in total. The molecule has 1 aliphatic rings. The molecule has 2 atom stereocenters. The van der Waals surface area contributed by atoms with Crippen LogP contribution in [-0.4, -0.2) is 49.1 Å². The fourth-order valence-electron chi connectivity index (χ4n) is 3.97. The Labute approximate surface area is 185 Å². The van der Waals surface area contributed by atoms with Gasteiger partial charge in [0.25, 0.3) is 5.91 Å². The van der Waals surface area contributed by atoms with Gasteiger partial charge in [0, 0.05) is 30.0 Å². The molecule has 0 aliphatic carbocycles. The number of carbonyl (C=O) groups excluding carboxylic acids is 1. The maximum absolute atomic E-state index is 13.2. The van der Waals surface area contributed by atoms with E-state index in [0.717, 1.165) is 23.7 Å². The standard InChI is InChI=1S/C23H26N6O3/c1-14(2)32-21-10-19-16(12-29(27-19)17-6-5-15(3)31-13-17)9-18(21)23(30)26-20-11-25-28-8-4-7-24-22(20)28/h4,7-12,14-15,17H,5-6,13H2,1-3H3,(H,26,30). The van der Waals surface area contributed by atoms with Gasteiger partial charge in [0.15, 0.2) is 5.65 Å². The molecule has 4 aromatic rings. The lowest BCUT2D eigenvalue weighted by molar-refractivity contribution is -0.00351. The number of fused-ring (bicyclic) bond motifs is 2. The van der Waals surface area contributed by atoms with E-state index < -0.39 is 0 Å². The second-order valence-corrected chi connectivity index (χ2v) is 8.46. The zero-order chi connectivity index (χ0) is 22.2. The molecule has 5 rings (SSSR count). The van der Waals surface area contributed by atoms with Gasteiger partial charge in [-0.15, -0.1) is 0 Å². The van der Waals surface area contributed by atoms with Crippen LogP contribution in [0.1, 0.15) is 50.0 Å². The lowest BCUT2D eigenvalue weighted by Gasteiger charge is -2.26. The Balaban J connectivity index is 1.49. The van der Waals surface area contributed by atoms with Crippen LogP contribution >= 0.6 is 0 Å². The van der Waals surface area contributed by atoms with E-state index in [0.29, 0.717) is 29.3 Å². The first kappa shape index (κ1) is 20.4. The quantitative estimate of drug-likeness (QED) is 0.512. The summed E-state index contributed by atoms with van der Waals surface area (Å²) in [7, 11) is 0. The Morgan fingerprint density at radius 3 is 2.97 bits per heavy atom. The number of nitrogens with one attached hydrogen (secondary N) is 1. The Bertz CT molecular complexity index is 1270. The van der Waals surface area contributed by atoms with Crippen molar-refractivity contribution >= 4 is 28.1 Å². The van der Waals surface area contributed by atoms with E-state index >= 15 is 0 Å². The molecule has 0 spiro atoms. The zero-order valence-electron chi connectivity index (χ0n) is 18.4. The van der Waals surface area contributed by atoms with Crippen LogP contribution in [0.3, 0.4) is 0 Å². The Kier molecular flexibility index (Phi) is 5.26. The fraction of sp³-hybridized carbons (Fsp3) is 0.391. The summed E-state index contributed by atoms with van der Waals surface area (Å²) in [5, 5.41) is 12.8. The van der Waals surface area contributed by atoms with Crippen molar-refractivity contribution in [3.05, 3.63) is 48.5 Å². The van der Waals surface area contributed by atoms with Gasteiger partial charge in [0.2, 0.25) is 0 Å². The van der Waals surface area contributed by atoms with Gasteiger partial charge in [-0.25, -0.2) is 9.50 Å². The van der Waals surface area contributed by atoms with Gasteiger partial charge in [0.05, 0.1) is 42.1 Å². The molecular formula is C23H26N6O3. The average molecular weight is 435 g/mol. The lowest BCUT2D eigenvalue weighted by Crippen LogP contribution is -2.26. The van der Waals surface area contributed by atoms with Gasteiger partial charge in [-0.3, -0.25) is 9.48 Å². The largest absolute Gasteiger partial charge is 0.490 e. The Morgan fingerprint density at radius 2 is 2.19 bits per heavy atom. The number of nitrogens with zero attached hydrogens (tertiary/aromatic N) is 5. The maximum atomic E-state index is 13.2. The Morgan fingerprint density at radius 1 is 1.31 bits per heavy atom. The van der Waals surface area contributed by atoms with E-state index in [9.17, 15) is 4.79 Å². The van der Waals surface area contributed by atoms with Crippen LogP contribution in [0.5, 0.6) is 5.75 Å². The van der Waals surface area contributed by atoms with Crippen LogP contribution in [0, 0.1) is 0 Å². The second kappa shape index (κ2) is 8.23. The number of benzene rings is 1. The van der Waals surface area contributed by atoms with E-state index in [4.69, 9.17) is 14.6 Å². The SMILES string of the molecule is CC(C)Oc1cc2nn(C3CCC(C)OC3)cc2cc1C(=O)Nc1cnn2cccnc12. The highest BCUT2D eigenvalue weighted by molar-refractivity contribution is 6.09. The predicted molar refractivity (Wildman–Crippen MR) is 120 cm³/mol. The van der Waals surface area contributed by atoms with Crippen molar-refractivity contribution in [1.29, 1.82) is 0 Å². The van der Waals surface area contributed by atoms with Gasteiger partial charge in [-0.1, -0.05) is 0 Å². The summed E-state index contributed by atoms with van der Waals surface area (Å²) in [5.74, 6) is 0.207. The minimum absolute atomic E-state index is 0.0898. The molecule has 166 valence electrons. The molecule has 3 aromatic heterocycles. The van der Waals surface area contributed by atoms with Crippen molar-refractivity contribution in [2.75, 3.05) is 11.9 Å². The Hall–Kier alpha value is -3.46. The zero-order valence-corrected chi connectivity index (χ0v) is 18.4. The first-order chi connectivity index (χ1) is 15.5. The first-order valence-corrected chi connectivity index (χ1v) is 10.9. The summed E-state index contributed by atoms with van der Waals surface area (Å²) in [6.45, 7) is 6.59. The van der Waals surface area contributed by atoms with Crippen LogP contribution in [-0.2, 0) is 4.74 Å². The highest BCUT2D eigenvalue weighted by atomic mass is 16.5. The molecule has 0 radical (unpaired) electrons. The number of carbonyl (C=O) groups is 1. The van der Waals surface area contributed by atoms with Crippen molar-refractivity contribution in [3.63, 3.8) is 0 Å². The monoisotopic (exact) mass is 434 g/mol. The molecule has 32 heavy (non-hydrogen) atoms. The van der Waals surface area contributed by atoms with Gasteiger partial charge < -0.3 is 14.8 Å². The molecule has 1 fully saturated rings. The number of hydrogen-bond donors (Lipinski definition) is 1. The summed E-state index contributed by atoms with van der Waals surface area (Å²) in [6, 6.07) is 5.64. The molecule has 1 aromatic carbocycles. The highest BCUT2D eigenvalue weighted by Gasteiger charge is 2.23. The number of aromatic nitrogens is 5. The number of hydrogen-bond acceptors (Lipinski definition) is 6. The van der Waals surface area contributed by atoms with Gasteiger partial charge in [-0.05, 0) is 45.7 Å². The minimum Gasteiger partial charge on any atom is -0.490 e. The van der Waals surface area contributed by atoms with Gasteiger partial charge in [-0.2, -0.15) is 10.2 Å². The third kappa shape index (κ3) is 3.91. The highest BCUT2D eigenvalue weighted by Crippen LogP contribution is 2.30. The summed E-state index contributed by atoms with van der Waals surface area (Å²) in [4.78, 5) is 17.5. The number of ether oxygens (including phenoxy) is 2. The van der Waals surface area contributed by atoms with Gasteiger partial charge in [0.1, 0.15) is 11.4 Å². The first-order valence-electron chi connectivity index (χ1n) is 10.9. The third-order valence-corrected chi connectivity index (χ3v) is 5.61. The molecule has 9 nitrogen and oxygen atoms in total. The molecule has 0 bridgehead atoms. The van der Waals surface area contributed by atoms with E-state index in [1.54, 1.807) is 29.2 Å². The van der Waals surface area contributed by atoms with Crippen molar-refractivity contribution in [2.45, 2.75) is 51.9 Å². The van der Waals surface area contributed by atoms with Gasteiger partial charge >= 0.3 is 0 Å². The van der Waals surface area contributed by atoms with Crippen LogP contribution in [0.15, 0.2) is 43.0 Å². The maximum Gasteiger partial charge on any atom is 0.259 e. The molecule has 1 saturated heterocycles. The number of amides is 1. The topological polar surface area (TPSA) is 95.6 Å². The van der Waals surface area contributed by atoms with Crippen LogP contribution in [0.4, 0.5) is 5.69 Å². The van der Waals surface area contributed by atoms with Crippen molar-refractivity contribution in [2.24, 2.45) is 0 Å². The number of anilines is 1. The fourth-order valence-corrected chi connectivity index (χ4v) is 3.97. The second-order valence-electron chi connectivity index (χ2n) is 8.46. The third-order valence-electron chi connectivity index (χ3n) is 5.61. The van der Waals surface area contributed by atoms with E-state index in [-0.39, 0.29) is 24.2 Å². The van der Waals surface area contributed by atoms with Crippen molar-refractivity contribution in [1.82, 2.24) is 24.4 Å². The summed E-state index contributed by atoms with van der Waals surface area (Å²) < 4.78 is 15.4. The van der Waals surface area contributed by atoms with Crippen LogP contribution in [0.2, 0.25) is 0 Å². The van der Waals surface area contributed by atoms with Crippen molar-refractivity contribution < 1.29 is 14.3 Å². The molecule has 4 heterocycles. The van der Waals surface area contributed by atoms with E-state index in [2.05, 4.69) is 22.3 Å². The molecule has 1 amide bonds. The minimum atomic E-state index is -0.286. The van der Waals surface area contributed by atoms with E-state index in [1.165, 1.54) is 0 Å². The molecule has 9 heteroatoms. The molecular weight excluding hydrogens is 408 g/mol. The number of rotatable bonds is 5. The summed E-state index contributed by atoms with van der Waals surface area (Å²) in [5.41, 5.74) is 2.34. The summed E-state index contributed by atoms with van der Waals surface area (Å²) in [6.07, 6.45) is 9.22. The molecule has 0 saturated carbocycles. The normalized spacial score (nSPS) is 19.0. The smallest absolute Gasteiger partial charge is 0.259 e. The summed E-state index contributed by atoms with van der Waals surface area (Å²) >= 11 is 0. The van der Waals surface area contributed by atoms with Crippen molar-refractivity contribution in [3.8, 4) is 5.75 Å². The predicted octanol–water partition coefficient (Wildman–Crippen LogP) is 3.86. The van der Waals surface area contributed by atoms with Crippen LogP contribution < -0.4 is 10.1 Å². The average Bonchev–Trinajstić information content (AvgIpc) is 3.37. The molecule has 1 aliphatic heterocycles. The van der Waals surface area contributed by atoms with Crippen LogP contribution in [0.25, 0.3) is 16.6 Å². The lowest BCUT2D eigenvalue weighted by atomic mass is 10.1. The molecule has 2 unspecified atom stereocenters.